The predicted molar refractivity (Wildman–Crippen MR) is 173 cm³/mol. The van der Waals surface area contributed by atoms with Crippen molar-refractivity contribution in [2.24, 2.45) is 0 Å². The summed E-state index contributed by atoms with van der Waals surface area (Å²) in [5.41, 5.74) is 1.71. The second-order valence-electron chi connectivity index (χ2n) is 12.1. The number of aromatic nitrogens is 2. The van der Waals surface area contributed by atoms with Gasteiger partial charge in [0, 0.05) is 49.4 Å². The molecule has 1 atom stereocenters. The van der Waals surface area contributed by atoms with Crippen LogP contribution in [0.25, 0.3) is 15.6 Å². The molecule has 2 saturated heterocycles. The molecule has 248 valence electrons. The van der Waals surface area contributed by atoms with Gasteiger partial charge in [0.1, 0.15) is 31.0 Å². The van der Waals surface area contributed by atoms with Crippen LogP contribution in [0, 0.1) is 12.4 Å². The molecule has 4 heterocycles. The van der Waals surface area contributed by atoms with Crippen LogP contribution in [-0.2, 0) is 22.5 Å². The molecule has 47 heavy (non-hydrogen) atoms. The first-order valence-electron chi connectivity index (χ1n) is 15.4. The lowest BCUT2D eigenvalue weighted by molar-refractivity contribution is -0.142. The number of hydrogen-bond acceptors (Lipinski definition) is 8. The van der Waals surface area contributed by atoms with Gasteiger partial charge in [-0.3, -0.25) is 9.69 Å². The third kappa shape index (κ3) is 6.29. The Balaban J connectivity index is 1.31. The molecule has 6 rings (SSSR count). The summed E-state index contributed by atoms with van der Waals surface area (Å²) >= 11 is 6.47. The Bertz CT molecular complexity index is 1730. The fourth-order valence-electron chi connectivity index (χ4n) is 6.46. The molecule has 0 unspecified atom stereocenters. The zero-order valence-electron chi connectivity index (χ0n) is 26.0. The number of fused-ring (bicyclic) bond motifs is 2. The van der Waals surface area contributed by atoms with Crippen LogP contribution >= 0.6 is 11.6 Å². The maximum atomic E-state index is 14.6. The first-order valence-corrected chi connectivity index (χ1v) is 15.8. The van der Waals surface area contributed by atoms with Crippen LogP contribution in [0.15, 0.2) is 42.7 Å². The minimum absolute atomic E-state index is 0.00923. The highest BCUT2D eigenvalue weighted by Crippen LogP contribution is 2.38. The van der Waals surface area contributed by atoms with Crippen molar-refractivity contribution in [3.05, 3.63) is 76.3 Å². The van der Waals surface area contributed by atoms with Gasteiger partial charge >= 0.3 is 6.01 Å². The molecule has 0 aliphatic carbocycles. The highest BCUT2D eigenvalue weighted by atomic mass is 35.5. The molecule has 3 aliphatic rings. The van der Waals surface area contributed by atoms with E-state index < -0.39 is 35.8 Å². The fourth-order valence-corrected chi connectivity index (χ4v) is 6.72. The van der Waals surface area contributed by atoms with Gasteiger partial charge in [0.25, 0.3) is 5.91 Å². The lowest BCUT2D eigenvalue weighted by Crippen LogP contribution is -2.63. The molecular weight excluding hydrogens is 635 g/mol. The van der Waals surface area contributed by atoms with Gasteiger partial charge < -0.3 is 29.0 Å². The molecule has 0 spiro atoms. The average Bonchev–Trinajstić information content (AvgIpc) is 3.05. The van der Waals surface area contributed by atoms with E-state index in [1.54, 1.807) is 6.07 Å². The largest absolute Gasteiger partial charge is 0.462 e. The second-order valence-corrected chi connectivity index (χ2v) is 12.5. The highest BCUT2D eigenvalue weighted by Gasteiger charge is 2.42. The molecule has 2 aromatic carbocycles. The van der Waals surface area contributed by atoms with Crippen LogP contribution < -0.4 is 14.5 Å². The number of carbonyl (C=O) groups is 1. The van der Waals surface area contributed by atoms with Crippen molar-refractivity contribution in [1.82, 2.24) is 19.8 Å². The molecule has 2 fully saturated rings. The smallest absolute Gasteiger partial charge is 0.318 e. The Morgan fingerprint density at radius 1 is 1.23 bits per heavy atom. The lowest BCUT2D eigenvalue weighted by Gasteiger charge is -2.46. The Kier molecular flexibility index (Phi) is 9.46. The molecule has 3 aromatic rings. The Labute approximate surface area is 276 Å². The van der Waals surface area contributed by atoms with Crippen LogP contribution in [0.2, 0.25) is 5.02 Å². The Morgan fingerprint density at radius 3 is 2.74 bits per heavy atom. The van der Waals surface area contributed by atoms with E-state index in [2.05, 4.69) is 16.3 Å². The molecule has 1 aromatic heterocycles. The Morgan fingerprint density at radius 2 is 2.04 bits per heavy atom. The standard InChI is InChI=1S/C33H35ClF3N7O3/c1-21(36)31(45)44-12-11-43(16-23(44)15-38-2)30-24-9-10-42(27-6-4-5-22-7-8-25(37)29(34)28(22)27)17-26(24)39-32(40-30)47-14-13-41(3)33(18-35)19-46-20-33/h4-8,23H,1,9-20H2,3H3/t23-/m0/s1. The van der Waals surface area contributed by atoms with Gasteiger partial charge in [-0.25, -0.2) is 19.7 Å². The van der Waals surface area contributed by atoms with Gasteiger partial charge in [-0.2, -0.15) is 9.97 Å². The van der Waals surface area contributed by atoms with Crippen molar-refractivity contribution in [1.29, 1.82) is 0 Å². The monoisotopic (exact) mass is 669 g/mol. The number of likely N-dealkylation sites (N-methyl/N-ethyl adjacent to an activating group) is 1. The van der Waals surface area contributed by atoms with E-state index in [4.69, 9.17) is 37.6 Å². The number of alkyl halides is 1. The summed E-state index contributed by atoms with van der Waals surface area (Å²) in [7, 11) is 1.82. The number of carbonyl (C=O) groups excluding carboxylic acids is 1. The highest BCUT2D eigenvalue weighted by molar-refractivity contribution is 6.36. The molecule has 0 radical (unpaired) electrons. The van der Waals surface area contributed by atoms with E-state index in [1.165, 1.54) is 11.0 Å². The fraction of sp³-hybridized carbons (Fsp3) is 0.455. The number of nitrogens with zero attached hydrogens (tertiary/aromatic N) is 7. The molecule has 0 saturated carbocycles. The molecule has 0 bridgehead atoms. The van der Waals surface area contributed by atoms with E-state index in [-0.39, 0.29) is 37.3 Å². The van der Waals surface area contributed by atoms with Crippen molar-refractivity contribution in [3.63, 3.8) is 0 Å². The van der Waals surface area contributed by atoms with Gasteiger partial charge in [-0.15, -0.1) is 0 Å². The van der Waals surface area contributed by atoms with Crippen molar-refractivity contribution >= 4 is 39.8 Å². The summed E-state index contributed by atoms with van der Waals surface area (Å²) < 4.78 is 53.5. The summed E-state index contributed by atoms with van der Waals surface area (Å²) in [5.74, 6) is -1.76. The molecular formula is C33H35ClF3N7O3. The molecule has 14 heteroatoms. The van der Waals surface area contributed by atoms with Crippen molar-refractivity contribution in [3.8, 4) is 6.01 Å². The number of anilines is 2. The zero-order chi connectivity index (χ0) is 33.3. The van der Waals surface area contributed by atoms with Crippen LogP contribution in [0.1, 0.15) is 11.3 Å². The minimum Gasteiger partial charge on any atom is -0.462 e. The van der Waals surface area contributed by atoms with E-state index in [0.29, 0.717) is 62.7 Å². The topological polar surface area (TPSA) is 78.6 Å². The average molecular weight is 670 g/mol. The number of amides is 1. The summed E-state index contributed by atoms with van der Waals surface area (Å²) in [4.78, 5) is 32.9. The minimum atomic E-state index is -1.06. The van der Waals surface area contributed by atoms with E-state index >= 15 is 0 Å². The van der Waals surface area contributed by atoms with Crippen LogP contribution in [0.3, 0.4) is 0 Å². The van der Waals surface area contributed by atoms with E-state index in [1.807, 2.05) is 35.0 Å². The van der Waals surface area contributed by atoms with Gasteiger partial charge in [0.15, 0.2) is 5.83 Å². The summed E-state index contributed by atoms with van der Waals surface area (Å²) in [6, 6.07) is 8.31. The third-order valence-electron chi connectivity index (χ3n) is 9.31. The summed E-state index contributed by atoms with van der Waals surface area (Å²) in [5, 5.41) is 1.48. The molecule has 1 amide bonds. The van der Waals surface area contributed by atoms with Gasteiger partial charge in [-0.1, -0.05) is 36.4 Å². The number of piperazine rings is 1. The summed E-state index contributed by atoms with van der Waals surface area (Å²) in [6.07, 6.45) is 0.546. The van der Waals surface area contributed by atoms with Crippen LogP contribution in [0.5, 0.6) is 6.01 Å². The number of ether oxygens (including phenoxy) is 2. The molecule has 10 nitrogen and oxygen atoms in total. The number of hydrogen-bond donors (Lipinski definition) is 0. The third-order valence-corrected chi connectivity index (χ3v) is 9.68. The van der Waals surface area contributed by atoms with Gasteiger partial charge in [0.2, 0.25) is 6.54 Å². The van der Waals surface area contributed by atoms with Crippen molar-refractivity contribution in [2.45, 2.75) is 24.5 Å². The first kappa shape index (κ1) is 32.8. The maximum absolute atomic E-state index is 14.6. The van der Waals surface area contributed by atoms with Gasteiger partial charge in [0.05, 0.1) is 36.0 Å². The van der Waals surface area contributed by atoms with Crippen LogP contribution in [-0.4, -0.2) is 110 Å². The van der Waals surface area contributed by atoms with E-state index in [0.717, 1.165) is 16.6 Å². The quantitative estimate of drug-likeness (QED) is 0.232. The first-order chi connectivity index (χ1) is 22.7. The van der Waals surface area contributed by atoms with Gasteiger partial charge in [-0.05, 0) is 31.0 Å². The normalized spacial score (nSPS) is 18.9. The SMILES string of the molecule is [C-]#[N+]C[C@H]1CN(c2nc(OCCN(C)C3(CF)COC3)nc3c2CCN(c2cccc4ccc(F)c(Cl)c24)C3)CCN1C(=O)C(=C)F. The second kappa shape index (κ2) is 13.5. The summed E-state index contributed by atoms with van der Waals surface area (Å²) in [6.45, 7) is 13.0. The Hall–Kier alpha value is -4.12. The lowest BCUT2D eigenvalue weighted by atomic mass is 9.97. The van der Waals surface area contributed by atoms with Crippen molar-refractivity contribution in [2.75, 3.05) is 82.6 Å². The van der Waals surface area contributed by atoms with Crippen LogP contribution in [0.4, 0.5) is 24.7 Å². The van der Waals surface area contributed by atoms with E-state index in [9.17, 15) is 18.0 Å². The molecule has 3 aliphatic heterocycles. The number of rotatable bonds is 10. The zero-order valence-corrected chi connectivity index (χ0v) is 26.8. The predicted octanol–water partition coefficient (Wildman–Crippen LogP) is 4.45. The van der Waals surface area contributed by atoms with Crippen molar-refractivity contribution < 1.29 is 27.4 Å². The molecule has 0 N–H and O–H groups in total. The number of benzene rings is 2. The maximum Gasteiger partial charge on any atom is 0.318 e. The number of halogens is 4.